The Morgan fingerprint density at radius 1 is 1.05 bits per heavy atom. The number of ether oxygens (including phenoxy) is 1. The van der Waals surface area contributed by atoms with E-state index in [1.807, 2.05) is 13.1 Å². The van der Waals surface area contributed by atoms with E-state index in [0.29, 0.717) is 19.0 Å². The van der Waals surface area contributed by atoms with Crippen molar-refractivity contribution in [3.05, 3.63) is 82.4 Å². The van der Waals surface area contributed by atoms with Gasteiger partial charge in [0.15, 0.2) is 0 Å². The molecule has 0 bridgehead atoms. The van der Waals surface area contributed by atoms with E-state index in [0.717, 1.165) is 43.3 Å². The number of hydrogen-bond donors (Lipinski definition) is 2. The number of amides is 2. The molecule has 2 saturated heterocycles. The van der Waals surface area contributed by atoms with Crippen LogP contribution < -0.4 is 52.8 Å². The number of carbonyl (C=O) groups is 2. The normalized spacial score (nSPS) is 24.6. The van der Waals surface area contributed by atoms with Gasteiger partial charge in [-0.25, -0.2) is 4.79 Å². The number of likely N-dealkylation sites (tertiary alicyclic amines) is 1. The molecule has 4 heterocycles. The van der Waals surface area contributed by atoms with Gasteiger partial charge in [0.1, 0.15) is 17.3 Å². The zero-order chi connectivity index (χ0) is 27.0. The molecule has 0 radical (unpaired) electrons. The standard InChI is InChI=1S/C30H35N5O3S.3ClH/c1-31-28-33-24-17-34(29(37)38-2)19-30(26(24)39-28)18-32-16-23(30)27(36)35-14-13-22(20-9-5-3-6-10-20)15-25(35)21-11-7-4-8-12-21;;;/h3-12,22-23,25,32H,13-19H2,1-2H3,(H,31,33);3*1H/t22-,23+,25+,30+;;;/m1.../s1. The van der Waals surface area contributed by atoms with Gasteiger partial charge >= 0.3 is 11.2 Å². The number of nitrogens with one attached hydrogen (secondary N) is 1. The summed E-state index contributed by atoms with van der Waals surface area (Å²) in [5.74, 6) is 0.396. The molecule has 2 aromatic carbocycles. The minimum atomic E-state index is -0.446. The maximum atomic E-state index is 14.7. The lowest BCUT2D eigenvalue weighted by Gasteiger charge is -2.44. The number of halogens is 3. The quantitative estimate of drug-likeness (QED) is 0.293. The number of quaternary nitrogens is 2. The average Bonchev–Trinajstić information content (AvgIpc) is 3.62. The highest BCUT2D eigenvalue weighted by Crippen LogP contribution is 2.46. The number of nitrogens with zero attached hydrogens (tertiary/aromatic N) is 2. The van der Waals surface area contributed by atoms with Crippen molar-refractivity contribution in [1.82, 2.24) is 9.80 Å². The number of hydrogen-bond acceptors (Lipinski definition) is 4. The predicted octanol–water partition coefficient (Wildman–Crippen LogP) is -7.44. The van der Waals surface area contributed by atoms with Crippen LogP contribution in [0.15, 0.2) is 60.7 Å². The second-order valence-electron chi connectivity index (χ2n) is 11.0. The van der Waals surface area contributed by atoms with Gasteiger partial charge in [0.2, 0.25) is 11.6 Å². The lowest BCUT2D eigenvalue weighted by Crippen LogP contribution is -3.00. The first kappa shape index (κ1) is 34.1. The Kier molecular flexibility index (Phi) is 11.7. The minimum absolute atomic E-state index is 0. The largest absolute Gasteiger partial charge is 1.00 e. The van der Waals surface area contributed by atoms with E-state index in [9.17, 15) is 9.59 Å². The predicted molar refractivity (Wildman–Crippen MR) is 147 cm³/mol. The molecule has 3 aliphatic rings. The van der Waals surface area contributed by atoms with Crippen LogP contribution in [0.3, 0.4) is 0 Å². The summed E-state index contributed by atoms with van der Waals surface area (Å²) >= 11 is 1.73. The molecule has 0 unspecified atom stereocenters. The van der Waals surface area contributed by atoms with Gasteiger partial charge in [-0.2, -0.15) is 0 Å². The maximum absolute atomic E-state index is 14.7. The molecule has 0 aliphatic carbocycles. The molecule has 5 N–H and O–H groups in total. The Morgan fingerprint density at radius 3 is 2.36 bits per heavy atom. The summed E-state index contributed by atoms with van der Waals surface area (Å²) in [5, 5.41) is 5.39. The van der Waals surface area contributed by atoms with Crippen LogP contribution >= 0.6 is 11.3 Å². The van der Waals surface area contributed by atoms with E-state index < -0.39 is 5.41 Å². The number of H-pyrrole nitrogens is 1. The molecule has 2 amide bonds. The van der Waals surface area contributed by atoms with Crippen molar-refractivity contribution in [3.8, 4) is 0 Å². The minimum Gasteiger partial charge on any atom is -1.00 e. The van der Waals surface area contributed by atoms with E-state index in [1.54, 1.807) is 16.2 Å². The molecule has 2 fully saturated rings. The Bertz CT molecular complexity index is 1350. The third-order valence-electron chi connectivity index (χ3n) is 8.95. The zero-order valence-electron chi connectivity index (χ0n) is 23.8. The molecule has 3 aliphatic heterocycles. The van der Waals surface area contributed by atoms with Crippen molar-refractivity contribution < 1.29 is 67.2 Å². The molecule has 1 aromatic heterocycles. The molecule has 42 heavy (non-hydrogen) atoms. The Hall–Kier alpha value is -2.40. The van der Waals surface area contributed by atoms with Crippen LogP contribution in [-0.4, -0.2) is 62.1 Å². The summed E-state index contributed by atoms with van der Waals surface area (Å²) in [6.07, 6.45) is 1.51. The van der Waals surface area contributed by atoms with Crippen LogP contribution in [0.2, 0.25) is 0 Å². The third-order valence-corrected chi connectivity index (χ3v) is 10.4. The lowest BCUT2D eigenvalue weighted by molar-refractivity contribution is -0.640. The number of thiazole rings is 1. The number of methoxy groups -OCH3 is 1. The molecule has 12 heteroatoms. The number of carbonyl (C=O) groups excluding carboxylic acids is 2. The summed E-state index contributed by atoms with van der Waals surface area (Å²) in [7, 11) is 3.45. The first-order valence-corrected chi connectivity index (χ1v) is 14.8. The summed E-state index contributed by atoms with van der Waals surface area (Å²) in [6.45, 7) is 3.19. The first-order chi connectivity index (χ1) is 19.0. The van der Waals surface area contributed by atoms with E-state index in [-0.39, 0.29) is 61.2 Å². The SMILES string of the molecule is C[NH2+]c1[nH+]c2c(s1)[C@@]1(C[NH2+]C[C@H]1C(=O)N1CC[C@@H](c3ccccc3)C[C@H]1c1ccccc1)CN(C(=O)OC)C2.[Cl-].[Cl-].[Cl-]. The van der Waals surface area contributed by atoms with Gasteiger partial charge < -0.3 is 52.2 Å². The summed E-state index contributed by atoms with van der Waals surface area (Å²) in [5.41, 5.74) is 3.12. The molecule has 1 spiro atoms. The Balaban J connectivity index is 0.00000161. The zero-order valence-corrected chi connectivity index (χ0v) is 26.9. The van der Waals surface area contributed by atoms with Crippen molar-refractivity contribution in [2.24, 2.45) is 5.92 Å². The van der Waals surface area contributed by atoms with Crippen LogP contribution in [0.5, 0.6) is 0 Å². The molecular formula is C30H38Cl3N5O3S. The summed E-state index contributed by atoms with van der Waals surface area (Å²) in [4.78, 5) is 36.1. The van der Waals surface area contributed by atoms with Gasteiger partial charge in [0, 0.05) is 13.1 Å². The van der Waals surface area contributed by atoms with Crippen molar-refractivity contribution >= 4 is 28.5 Å². The van der Waals surface area contributed by atoms with Gasteiger partial charge in [-0.15, -0.1) is 4.98 Å². The lowest BCUT2D eigenvalue weighted by atomic mass is 9.72. The smallest absolute Gasteiger partial charge is 0.425 e. The van der Waals surface area contributed by atoms with Crippen molar-refractivity contribution in [2.75, 3.05) is 40.3 Å². The second-order valence-corrected chi connectivity index (χ2v) is 12.1. The fourth-order valence-corrected chi connectivity index (χ4v) is 8.30. The number of piperidine rings is 1. The van der Waals surface area contributed by atoms with Crippen LogP contribution in [0.4, 0.5) is 9.93 Å². The fraction of sp³-hybridized carbons (Fsp3) is 0.433. The van der Waals surface area contributed by atoms with Gasteiger partial charge in [0.05, 0.1) is 38.7 Å². The highest BCUT2D eigenvalue weighted by Gasteiger charge is 2.60. The van der Waals surface area contributed by atoms with Gasteiger partial charge in [-0.1, -0.05) is 60.7 Å². The highest BCUT2D eigenvalue weighted by molar-refractivity contribution is 7.14. The monoisotopic (exact) mass is 653 g/mol. The average molecular weight is 655 g/mol. The summed E-state index contributed by atoms with van der Waals surface area (Å²) in [6, 6.07) is 21.2. The maximum Gasteiger partial charge on any atom is 0.425 e. The highest BCUT2D eigenvalue weighted by atomic mass is 35.5. The van der Waals surface area contributed by atoms with E-state index >= 15 is 0 Å². The molecule has 8 nitrogen and oxygen atoms in total. The number of aromatic nitrogens is 1. The Morgan fingerprint density at radius 2 is 1.71 bits per heavy atom. The van der Waals surface area contributed by atoms with Gasteiger partial charge in [-0.05, 0) is 41.2 Å². The first-order valence-electron chi connectivity index (χ1n) is 13.9. The molecule has 6 rings (SSSR count). The molecule has 0 saturated carbocycles. The summed E-state index contributed by atoms with van der Waals surface area (Å²) < 4.78 is 5.14. The van der Waals surface area contributed by atoms with Crippen LogP contribution in [0.1, 0.15) is 46.5 Å². The number of fused-ring (bicyclic) bond motifs is 2. The number of aromatic amines is 1. The molecule has 228 valence electrons. The van der Waals surface area contributed by atoms with Gasteiger partial charge in [0.25, 0.3) is 0 Å². The van der Waals surface area contributed by atoms with Crippen LogP contribution in [0, 0.1) is 5.92 Å². The topological polar surface area (TPSA) is 97.2 Å². The molecule has 4 atom stereocenters. The van der Waals surface area contributed by atoms with E-state index in [2.05, 4.69) is 75.1 Å². The Labute approximate surface area is 269 Å². The van der Waals surface area contributed by atoms with Crippen molar-refractivity contribution in [2.45, 2.75) is 36.8 Å². The second kappa shape index (κ2) is 14.4. The number of rotatable bonds is 4. The van der Waals surface area contributed by atoms with E-state index in [1.165, 1.54) is 23.1 Å². The van der Waals surface area contributed by atoms with Crippen molar-refractivity contribution in [1.29, 1.82) is 0 Å². The van der Waals surface area contributed by atoms with Crippen LogP contribution in [0.25, 0.3) is 0 Å². The van der Waals surface area contributed by atoms with Crippen LogP contribution in [-0.2, 0) is 21.5 Å². The van der Waals surface area contributed by atoms with Crippen molar-refractivity contribution in [3.63, 3.8) is 0 Å². The molecule has 3 aromatic rings. The molecular weight excluding hydrogens is 617 g/mol. The van der Waals surface area contributed by atoms with E-state index in [4.69, 9.17) is 4.74 Å². The van der Waals surface area contributed by atoms with Gasteiger partial charge in [-0.3, -0.25) is 15.0 Å². The number of nitrogens with two attached hydrogens (primary N) is 2. The number of benzene rings is 2. The fourth-order valence-electron chi connectivity index (χ4n) is 7.05. The third kappa shape index (κ3) is 6.14.